The third kappa shape index (κ3) is 5.19. The van der Waals surface area contributed by atoms with Gasteiger partial charge in [0.05, 0.1) is 17.5 Å². The summed E-state index contributed by atoms with van der Waals surface area (Å²) < 4.78 is 29.7. The van der Waals surface area contributed by atoms with E-state index in [0.717, 1.165) is 11.8 Å². The number of hydrogen-bond donors (Lipinski definition) is 2. The summed E-state index contributed by atoms with van der Waals surface area (Å²) in [7, 11) is -3.36. The third-order valence-corrected chi connectivity index (χ3v) is 5.20. The Morgan fingerprint density at radius 1 is 1.30 bits per heavy atom. The molecule has 2 rings (SSSR count). The first kappa shape index (κ1) is 20.7. The summed E-state index contributed by atoms with van der Waals surface area (Å²) in [5.41, 5.74) is 1.50. The summed E-state index contributed by atoms with van der Waals surface area (Å²) in [6, 6.07) is 3.84. The summed E-state index contributed by atoms with van der Waals surface area (Å²) >= 11 is 0. The molecule has 10 heteroatoms. The normalized spacial score (nSPS) is 14.3. The van der Waals surface area contributed by atoms with Gasteiger partial charge in [-0.05, 0) is 44.0 Å². The lowest BCUT2D eigenvalue weighted by Crippen LogP contribution is -2.46. The van der Waals surface area contributed by atoms with Gasteiger partial charge in [0.2, 0.25) is 15.9 Å². The average Bonchev–Trinajstić information content (AvgIpc) is 3.03. The highest BCUT2D eigenvalue weighted by molar-refractivity contribution is 7.92. The molecule has 0 bridgehead atoms. The molecule has 0 aromatic heterocycles. The lowest BCUT2D eigenvalue weighted by Gasteiger charge is -2.16. The molecule has 1 aliphatic heterocycles. The first-order valence-corrected chi connectivity index (χ1v) is 10.3. The zero-order valence-electron chi connectivity index (χ0n) is 15.4. The van der Waals surface area contributed by atoms with Crippen molar-refractivity contribution in [3.05, 3.63) is 29.3 Å². The van der Waals surface area contributed by atoms with Gasteiger partial charge in [-0.3, -0.25) is 13.9 Å². The molecular weight excluding hydrogens is 374 g/mol. The van der Waals surface area contributed by atoms with E-state index in [0.29, 0.717) is 25.2 Å². The number of rotatable bonds is 7. The second kappa shape index (κ2) is 8.38. The van der Waals surface area contributed by atoms with Crippen molar-refractivity contribution < 1.29 is 27.5 Å². The lowest BCUT2D eigenvalue weighted by atomic mass is 10.1. The average molecular weight is 397 g/mol. The minimum Gasteiger partial charge on any atom is -0.452 e. The van der Waals surface area contributed by atoms with E-state index >= 15 is 0 Å². The minimum atomic E-state index is -3.36. The number of benzene rings is 1. The molecule has 0 fully saturated rings. The van der Waals surface area contributed by atoms with Crippen molar-refractivity contribution in [3.63, 3.8) is 0 Å². The highest BCUT2D eigenvalue weighted by atomic mass is 32.2. The maximum atomic E-state index is 12.1. The Labute approximate surface area is 158 Å². The molecule has 0 spiro atoms. The highest BCUT2D eigenvalue weighted by Crippen LogP contribution is 2.30. The zero-order chi connectivity index (χ0) is 20.2. The molecule has 148 valence electrons. The van der Waals surface area contributed by atoms with Crippen LogP contribution in [0.15, 0.2) is 18.2 Å². The van der Waals surface area contributed by atoms with Gasteiger partial charge in [-0.15, -0.1) is 0 Å². The fraction of sp³-hybridized carbons (Fsp3) is 0.471. The predicted molar refractivity (Wildman–Crippen MR) is 98.9 cm³/mol. The van der Waals surface area contributed by atoms with E-state index in [9.17, 15) is 22.8 Å². The standard InChI is InChI=1S/C17H23N3O6S/c1-4-18-16(22)11(2)19-15(21)10-26-17(23)13-5-6-14-12(9-13)7-8-20(14)27(3,24)25/h5-6,9,11H,4,7-8,10H2,1-3H3,(H,18,22)(H,19,21)/t11-/m0/s1. The molecule has 0 saturated heterocycles. The van der Waals surface area contributed by atoms with Crippen LogP contribution in [0.3, 0.4) is 0 Å². The number of sulfonamides is 1. The van der Waals surface area contributed by atoms with Crippen molar-refractivity contribution in [2.75, 3.05) is 30.3 Å². The van der Waals surface area contributed by atoms with E-state index in [1.807, 2.05) is 0 Å². The number of hydrogen-bond acceptors (Lipinski definition) is 6. The Kier molecular flexibility index (Phi) is 6.42. The molecule has 0 aliphatic carbocycles. The second-order valence-electron chi connectivity index (χ2n) is 6.19. The Hall–Kier alpha value is -2.62. The van der Waals surface area contributed by atoms with Gasteiger partial charge in [0.25, 0.3) is 5.91 Å². The minimum absolute atomic E-state index is 0.230. The van der Waals surface area contributed by atoms with Gasteiger partial charge in [0.1, 0.15) is 6.04 Å². The Balaban J connectivity index is 1.94. The molecule has 0 radical (unpaired) electrons. The first-order chi connectivity index (χ1) is 12.6. The van der Waals surface area contributed by atoms with Crippen molar-refractivity contribution in [1.29, 1.82) is 0 Å². The van der Waals surface area contributed by atoms with E-state index in [1.54, 1.807) is 19.1 Å². The van der Waals surface area contributed by atoms with Crippen molar-refractivity contribution in [2.45, 2.75) is 26.3 Å². The smallest absolute Gasteiger partial charge is 0.338 e. The largest absolute Gasteiger partial charge is 0.452 e. The van der Waals surface area contributed by atoms with Crippen LogP contribution in [0.4, 0.5) is 5.69 Å². The van der Waals surface area contributed by atoms with E-state index in [-0.39, 0.29) is 11.5 Å². The highest BCUT2D eigenvalue weighted by Gasteiger charge is 2.27. The van der Waals surface area contributed by atoms with Crippen molar-refractivity contribution in [1.82, 2.24) is 10.6 Å². The summed E-state index contributed by atoms with van der Waals surface area (Å²) in [4.78, 5) is 35.5. The van der Waals surface area contributed by atoms with Crippen LogP contribution in [0.5, 0.6) is 0 Å². The quantitative estimate of drug-likeness (QED) is 0.615. The van der Waals surface area contributed by atoms with E-state index in [1.165, 1.54) is 17.3 Å². The van der Waals surface area contributed by atoms with Crippen molar-refractivity contribution in [2.24, 2.45) is 0 Å². The molecule has 0 saturated carbocycles. The van der Waals surface area contributed by atoms with Gasteiger partial charge >= 0.3 is 5.97 Å². The van der Waals surface area contributed by atoms with Crippen molar-refractivity contribution >= 4 is 33.5 Å². The van der Waals surface area contributed by atoms with Gasteiger partial charge in [-0.2, -0.15) is 0 Å². The van der Waals surface area contributed by atoms with Gasteiger partial charge in [0, 0.05) is 13.1 Å². The number of amides is 2. The third-order valence-electron chi connectivity index (χ3n) is 4.02. The van der Waals surface area contributed by atoms with Gasteiger partial charge < -0.3 is 15.4 Å². The summed E-state index contributed by atoms with van der Waals surface area (Å²) in [6.45, 7) is 3.55. The van der Waals surface area contributed by atoms with Crippen LogP contribution in [0.1, 0.15) is 29.8 Å². The van der Waals surface area contributed by atoms with Gasteiger partial charge in [-0.25, -0.2) is 13.2 Å². The monoisotopic (exact) mass is 397 g/mol. The SMILES string of the molecule is CCNC(=O)[C@H](C)NC(=O)COC(=O)c1ccc2c(c1)CCN2S(C)(=O)=O. The molecule has 1 heterocycles. The number of likely N-dealkylation sites (N-methyl/N-ethyl adjacent to an activating group) is 1. The topological polar surface area (TPSA) is 122 Å². The molecule has 1 aromatic carbocycles. The number of nitrogens with one attached hydrogen (secondary N) is 2. The van der Waals surface area contributed by atoms with E-state index in [2.05, 4.69) is 10.6 Å². The van der Waals surface area contributed by atoms with Crippen LogP contribution < -0.4 is 14.9 Å². The van der Waals surface area contributed by atoms with Crippen LogP contribution in [0, 0.1) is 0 Å². The second-order valence-corrected chi connectivity index (χ2v) is 8.10. The lowest BCUT2D eigenvalue weighted by molar-refractivity contribution is -0.130. The number of anilines is 1. The molecule has 1 aliphatic rings. The van der Waals surface area contributed by atoms with Gasteiger partial charge in [-0.1, -0.05) is 0 Å². The van der Waals surface area contributed by atoms with Crippen molar-refractivity contribution in [3.8, 4) is 0 Å². The van der Waals surface area contributed by atoms with Crippen LogP contribution >= 0.6 is 0 Å². The van der Waals surface area contributed by atoms with Crippen LogP contribution in [0.2, 0.25) is 0 Å². The van der Waals surface area contributed by atoms with Crippen LogP contribution in [-0.4, -0.2) is 58.2 Å². The van der Waals surface area contributed by atoms with Crippen LogP contribution in [0.25, 0.3) is 0 Å². The molecule has 9 nitrogen and oxygen atoms in total. The Morgan fingerprint density at radius 2 is 2.00 bits per heavy atom. The van der Waals surface area contributed by atoms with E-state index in [4.69, 9.17) is 4.74 Å². The Morgan fingerprint density at radius 3 is 2.63 bits per heavy atom. The number of esters is 1. The summed E-state index contributed by atoms with van der Waals surface area (Å²) in [6.07, 6.45) is 1.62. The molecule has 2 amide bonds. The van der Waals surface area contributed by atoms with Gasteiger partial charge in [0.15, 0.2) is 6.61 Å². The Bertz CT molecular complexity index is 852. The molecule has 2 N–H and O–H groups in total. The fourth-order valence-electron chi connectivity index (χ4n) is 2.73. The molecule has 1 atom stereocenters. The number of fused-ring (bicyclic) bond motifs is 1. The molecule has 27 heavy (non-hydrogen) atoms. The zero-order valence-corrected chi connectivity index (χ0v) is 16.3. The predicted octanol–water partition coefficient (Wildman–Crippen LogP) is -0.194. The fourth-order valence-corrected chi connectivity index (χ4v) is 3.69. The van der Waals surface area contributed by atoms with Crippen LogP contribution in [-0.2, 0) is 30.8 Å². The number of carbonyl (C=O) groups is 3. The maximum Gasteiger partial charge on any atom is 0.338 e. The summed E-state index contributed by atoms with van der Waals surface area (Å²) in [5.74, 6) is -1.62. The first-order valence-electron chi connectivity index (χ1n) is 8.48. The summed E-state index contributed by atoms with van der Waals surface area (Å²) in [5, 5.41) is 5.00. The number of ether oxygens (including phenoxy) is 1. The molecule has 0 unspecified atom stereocenters. The van der Waals surface area contributed by atoms with E-state index < -0.39 is 34.5 Å². The number of nitrogens with zero attached hydrogens (tertiary/aromatic N) is 1. The molecular formula is C17H23N3O6S. The maximum absolute atomic E-state index is 12.1. The number of carbonyl (C=O) groups excluding carboxylic acids is 3. The molecule has 1 aromatic rings.